The van der Waals surface area contributed by atoms with Gasteiger partial charge in [-0.15, -0.1) is 0 Å². The first-order valence-corrected chi connectivity index (χ1v) is 2.35. The van der Waals surface area contributed by atoms with E-state index in [1.807, 2.05) is 0 Å². The van der Waals surface area contributed by atoms with Gasteiger partial charge in [0.05, 0.1) is 0 Å². The molecule has 0 rings (SSSR count). The van der Waals surface area contributed by atoms with Crippen molar-refractivity contribution in [1.82, 2.24) is 0 Å². The fourth-order valence-corrected chi connectivity index (χ4v) is 0. The Morgan fingerprint density at radius 1 is 1.25 bits per heavy atom. The van der Waals surface area contributed by atoms with E-state index in [4.69, 9.17) is 19.2 Å². The summed E-state index contributed by atoms with van der Waals surface area (Å²) in [6, 6.07) is 0. The quantitative estimate of drug-likeness (QED) is 0.217. The molecule has 0 spiro atoms. The van der Waals surface area contributed by atoms with Gasteiger partial charge in [-0.3, -0.25) is 0 Å². The van der Waals surface area contributed by atoms with Crippen LogP contribution >= 0.6 is 7.82 Å². The van der Waals surface area contributed by atoms with Crippen molar-refractivity contribution in [1.29, 1.82) is 0 Å². The largest absolute Gasteiger partial charge is 1.00 e. The Morgan fingerprint density at radius 2 is 1.25 bits per heavy atom. The summed E-state index contributed by atoms with van der Waals surface area (Å²) >= 11 is 0. The fraction of sp³-hybridized carbons (Fsp3) is 0. The summed E-state index contributed by atoms with van der Waals surface area (Å²) in [7, 11) is -4.64. The van der Waals surface area contributed by atoms with Crippen LogP contribution in [0.3, 0.4) is 0 Å². The van der Waals surface area contributed by atoms with Crippen LogP contribution < -0.4 is 51.4 Å². The fourth-order valence-electron chi connectivity index (χ4n) is 0. The Labute approximate surface area is 126 Å². The summed E-state index contributed by atoms with van der Waals surface area (Å²) in [5.74, 6) is 0. The Balaban J connectivity index is -0.0000000133. The third-order valence-corrected chi connectivity index (χ3v) is 0. The minimum absolute atomic E-state index is 0. The van der Waals surface area contributed by atoms with E-state index in [-0.39, 0.29) is 101 Å². The molecule has 0 saturated heterocycles. The number of hydrogen-bond donors (Lipinski definition) is 3. The van der Waals surface area contributed by atoms with Crippen LogP contribution in [0.5, 0.6) is 0 Å². The Morgan fingerprint density at radius 3 is 1.25 bits per heavy atom. The molecule has 0 aromatic heterocycles. The zero-order valence-electron chi connectivity index (χ0n) is 5.35. The van der Waals surface area contributed by atoms with Gasteiger partial charge in [-0.1, -0.05) is 0 Å². The summed E-state index contributed by atoms with van der Waals surface area (Å²) in [6.45, 7) is 0. The first-order valence-electron chi connectivity index (χ1n) is 0.783. The molecule has 0 heterocycles. The van der Waals surface area contributed by atoms with Gasteiger partial charge in [0, 0.05) is 22.4 Å². The van der Waals surface area contributed by atoms with Gasteiger partial charge >= 0.3 is 85.4 Å². The molecule has 0 aromatic rings. The molecule has 4 nitrogen and oxygen atoms in total. The average molecular weight is 531 g/mol. The molecule has 0 saturated carbocycles. The molecule has 0 atom stereocenters. The zero-order valence-corrected chi connectivity index (χ0v) is 17.1. The topological polar surface area (TPSA) is 77.8 Å². The average Bonchev–Trinajstić information content (AvgIpc) is 0.722. The van der Waals surface area contributed by atoms with Gasteiger partial charge in [0.2, 0.25) is 0 Å². The van der Waals surface area contributed by atoms with Gasteiger partial charge in [-0.25, -0.2) is 4.57 Å². The van der Waals surface area contributed by atoms with Crippen LogP contribution in [-0.2, 0) is 26.9 Å². The first kappa shape index (κ1) is 22.5. The molecule has 0 amide bonds. The molecule has 8 heteroatoms. The maximum Gasteiger partial charge on any atom is 1.00 e. The summed E-state index contributed by atoms with van der Waals surface area (Å²) in [5, 5.41) is 0. The van der Waals surface area contributed by atoms with Gasteiger partial charge in [-0.2, -0.15) is 0 Å². The molecular formula is H7BiKO4PTa. The molecule has 0 aliphatic carbocycles. The molecule has 1 radical (unpaired) electrons. The first-order chi connectivity index (χ1) is 2.00. The van der Waals surface area contributed by atoms with E-state index < -0.39 is 7.82 Å². The molecule has 8 heavy (non-hydrogen) atoms. The van der Waals surface area contributed by atoms with E-state index >= 15 is 0 Å². The van der Waals surface area contributed by atoms with E-state index in [2.05, 4.69) is 0 Å². The van der Waals surface area contributed by atoms with Crippen LogP contribution in [0.4, 0.5) is 0 Å². The summed E-state index contributed by atoms with van der Waals surface area (Å²) in [4.78, 5) is 21.6. The third kappa shape index (κ3) is 57.8. The van der Waals surface area contributed by atoms with Gasteiger partial charge in [0.25, 0.3) is 0 Å². The SMILES string of the molecule is O=P(O)(O)O.[BiH3].[H-].[K+].[Ta]. The molecular weight excluding hydrogens is 524 g/mol. The van der Waals surface area contributed by atoms with Crippen LogP contribution in [0.1, 0.15) is 1.43 Å². The van der Waals surface area contributed by atoms with Gasteiger partial charge in [0.15, 0.2) is 0 Å². The van der Waals surface area contributed by atoms with Crippen molar-refractivity contribution in [3.05, 3.63) is 0 Å². The van der Waals surface area contributed by atoms with Crippen molar-refractivity contribution in [3.8, 4) is 0 Å². The second kappa shape index (κ2) is 10.4. The van der Waals surface area contributed by atoms with Gasteiger partial charge in [0.1, 0.15) is 0 Å². The van der Waals surface area contributed by atoms with Gasteiger partial charge < -0.3 is 16.1 Å². The molecule has 3 N–H and O–H groups in total. The van der Waals surface area contributed by atoms with Crippen molar-refractivity contribution in [2.45, 2.75) is 0 Å². The normalized spacial score (nSPS) is 7.38. The molecule has 0 bridgehead atoms. The minimum Gasteiger partial charge on any atom is -1.00 e. The summed E-state index contributed by atoms with van der Waals surface area (Å²) < 4.78 is 8.88. The van der Waals surface area contributed by atoms with Crippen molar-refractivity contribution in [2.24, 2.45) is 0 Å². The predicted octanol–water partition coefficient (Wildman–Crippen LogP) is -5.00. The van der Waals surface area contributed by atoms with Crippen molar-refractivity contribution in [2.75, 3.05) is 0 Å². The number of phosphoric acid groups is 1. The standard InChI is InChI=1S/Bi.K.H3O4P.Ta.4H/c;;1-5(2,3)4;;;;;/h;;(H3,1,2,3,4);;;;;/q;+1;;;;;;-1. The smallest absolute Gasteiger partial charge is 1.00 e. The predicted molar refractivity (Wildman–Crippen MR) is 25.3 cm³/mol. The van der Waals surface area contributed by atoms with E-state index in [1.165, 1.54) is 0 Å². The van der Waals surface area contributed by atoms with Crippen molar-refractivity contribution in [3.63, 3.8) is 0 Å². The maximum absolute atomic E-state index is 8.88. The molecule has 47 valence electrons. The second-order valence-corrected chi connectivity index (χ2v) is 1.54. The molecule has 0 aromatic carbocycles. The second-order valence-electron chi connectivity index (χ2n) is 0.513. The number of rotatable bonds is 0. The van der Waals surface area contributed by atoms with E-state index in [9.17, 15) is 0 Å². The summed E-state index contributed by atoms with van der Waals surface area (Å²) in [5.41, 5.74) is 0. The molecule has 0 fully saturated rings. The van der Waals surface area contributed by atoms with Crippen LogP contribution in [0, 0.1) is 0 Å². The Hall–Kier alpha value is 3.37. The van der Waals surface area contributed by atoms with Crippen LogP contribution in [0.15, 0.2) is 0 Å². The Kier molecular flexibility index (Phi) is 29.2. The van der Waals surface area contributed by atoms with Crippen LogP contribution in [0.25, 0.3) is 0 Å². The third-order valence-electron chi connectivity index (χ3n) is 0. The molecule has 0 unspecified atom stereocenters. The molecule has 0 aliphatic rings. The van der Waals surface area contributed by atoms with Crippen LogP contribution in [0.2, 0.25) is 0 Å². The Bertz CT molecular complexity index is 66.7. The zero-order chi connectivity index (χ0) is 4.50. The minimum atomic E-state index is -4.64. The van der Waals surface area contributed by atoms with E-state index in [0.717, 1.165) is 0 Å². The van der Waals surface area contributed by atoms with Gasteiger partial charge in [-0.05, 0) is 0 Å². The summed E-state index contributed by atoms with van der Waals surface area (Å²) in [6.07, 6.45) is 0. The van der Waals surface area contributed by atoms with Crippen molar-refractivity contribution < 1.29 is 94.4 Å². The van der Waals surface area contributed by atoms with E-state index in [1.54, 1.807) is 0 Å². The molecule has 0 aliphatic heterocycles. The maximum atomic E-state index is 8.88. The van der Waals surface area contributed by atoms with Crippen molar-refractivity contribution >= 4 is 34.0 Å². The monoisotopic (exact) mass is 531 g/mol. The van der Waals surface area contributed by atoms with E-state index in [0.29, 0.717) is 0 Å². The number of hydrogen-bond acceptors (Lipinski definition) is 1. The van der Waals surface area contributed by atoms with Crippen LogP contribution in [-0.4, -0.2) is 40.9 Å².